The van der Waals surface area contributed by atoms with Crippen LogP contribution in [-0.4, -0.2) is 25.1 Å². The second-order valence-electron chi connectivity index (χ2n) is 4.43. The predicted octanol–water partition coefficient (Wildman–Crippen LogP) is 1.50. The molecule has 0 aliphatic carbocycles. The molecule has 0 saturated heterocycles. The number of rotatable bonds is 4. The van der Waals surface area contributed by atoms with Gasteiger partial charge in [-0.05, 0) is 12.0 Å². The Kier molecular flexibility index (Phi) is 3.47. The van der Waals surface area contributed by atoms with E-state index in [1.54, 1.807) is 18.6 Å². The number of hydrogen-bond acceptors (Lipinski definition) is 5. The summed E-state index contributed by atoms with van der Waals surface area (Å²) in [4.78, 5) is 12.5. The second kappa shape index (κ2) is 5.58. The van der Waals surface area contributed by atoms with Crippen molar-refractivity contribution in [3.63, 3.8) is 0 Å². The van der Waals surface area contributed by atoms with Gasteiger partial charge in [0.15, 0.2) is 0 Å². The van der Waals surface area contributed by atoms with E-state index in [9.17, 15) is 0 Å². The molecule has 0 aliphatic rings. The van der Waals surface area contributed by atoms with E-state index in [-0.39, 0.29) is 6.04 Å². The van der Waals surface area contributed by atoms with E-state index in [4.69, 9.17) is 5.73 Å². The molecule has 0 saturated carbocycles. The van der Waals surface area contributed by atoms with Gasteiger partial charge in [-0.2, -0.15) is 5.10 Å². The lowest BCUT2D eigenvalue weighted by atomic mass is 10.1. The summed E-state index contributed by atoms with van der Waals surface area (Å²) in [5.74, 6) is 1.16. The SMILES string of the molecule is N[C@H](Cc1ccccc1)c1nc(-c2cnccn2)n[nH]1. The van der Waals surface area contributed by atoms with E-state index in [0.29, 0.717) is 23.8 Å². The van der Waals surface area contributed by atoms with Crippen LogP contribution in [0.3, 0.4) is 0 Å². The van der Waals surface area contributed by atoms with E-state index in [1.165, 1.54) is 0 Å². The largest absolute Gasteiger partial charge is 0.321 e. The Labute approximate surface area is 116 Å². The second-order valence-corrected chi connectivity index (χ2v) is 4.43. The third-order valence-electron chi connectivity index (χ3n) is 2.94. The van der Waals surface area contributed by atoms with Crippen LogP contribution in [0, 0.1) is 0 Å². The molecule has 2 heterocycles. The molecule has 0 aliphatic heterocycles. The summed E-state index contributed by atoms with van der Waals surface area (Å²) in [5.41, 5.74) is 7.94. The Morgan fingerprint density at radius 2 is 2.00 bits per heavy atom. The minimum Gasteiger partial charge on any atom is -0.321 e. The van der Waals surface area contributed by atoms with Gasteiger partial charge in [0.2, 0.25) is 5.82 Å². The normalized spacial score (nSPS) is 12.2. The first-order valence-corrected chi connectivity index (χ1v) is 6.31. The van der Waals surface area contributed by atoms with Crippen molar-refractivity contribution in [2.75, 3.05) is 0 Å². The Morgan fingerprint density at radius 3 is 2.75 bits per heavy atom. The van der Waals surface area contributed by atoms with Crippen LogP contribution in [0.4, 0.5) is 0 Å². The highest BCUT2D eigenvalue weighted by molar-refractivity contribution is 5.46. The lowest BCUT2D eigenvalue weighted by molar-refractivity contribution is 0.671. The summed E-state index contributed by atoms with van der Waals surface area (Å²) in [6.07, 6.45) is 5.54. The molecule has 100 valence electrons. The third kappa shape index (κ3) is 2.70. The first-order valence-electron chi connectivity index (χ1n) is 6.31. The first-order chi connectivity index (χ1) is 9.83. The highest BCUT2D eigenvalue weighted by Crippen LogP contribution is 2.15. The maximum absolute atomic E-state index is 6.15. The van der Waals surface area contributed by atoms with Crippen LogP contribution in [-0.2, 0) is 6.42 Å². The zero-order valence-corrected chi connectivity index (χ0v) is 10.8. The summed E-state index contributed by atoms with van der Waals surface area (Å²) in [6, 6.07) is 9.83. The highest BCUT2D eigenvalue weighted by atomic mass is 15.2. The van der Waals surface area contributed by atoms with Gasteiger partial charge in [-0.3, -0.25) is 10.1 Å². The number of nitrogens with two attached hydrogens (primary N) is 1. The molecule has 0 radical (unpaired) electrons. The Morgan fingerprint density at radius 1 is 1.15 bits per heavy atom. The lowest BCUT2D eigenvalue weighted by Crippen LogP contribution is -2.15. The summed E-state index contributed by atoms with van der Waals surface area (Å²) in [6.45, 7) is 0. The molecule has 6 heteroatoms. The molecule has 3 aromatic rings. The Balaban J connectivity index is 1.77. The highest BCUT2D eigenvalue weighted by Gasteiger charge is 2.13. The van der Waals surface area contributed by atoms with Crippen LogP contribution < -0.4 is 5.73 Å². The fourth-order valence-corrected chi connectivity index (χ4v) is 1.93. The van der Waals surface area contributed by atoms with Crippen LogP contribution in [0.15, 0.2) is 48.9 Å². The van der Waals surface area contributed by atoms with Gasteiger partial charge in [0.1, 0.15) is 11.5 Å². The van der Waals surface area contributed by atoms with Crippen molar-refractivity contribution in [2.45, 2.75) is 12.5 Å². The molecule has 0 amide bonds. The van der Waals surface area contributed by atoms with E-state index in [0.717, 1.165) is 5.56 Å². The number of benzene rings is 1. The van der Waals surface area contributed by atoms with Gasteiger partial charge in [-0.15, -0.1) is 0 Å². The summed E-state index contributed by atoms with van der Waals surface area (Å²) in [5, 5.41) is 7.00. The van der Waals surface area contributed by atoms with Gasteiger partial charge in [-0.25, -0.2) is 9.97 Å². The van der Waals surface area contributed by atoms with Crippen molar-refractivity contribution in [1.82, 2.24) is 25.1 Å². The van der Waals surface area contributed by atoms with E-state index < -0.39 is 0 Å². The number of H-pyrrole nitrogens is 1. The molecule has 0 bridgehead atoms. The molecule has 20 heavy (non-hydrogen) atoms. The van der Waals surface area contributed by atoms with Gasteiger partial charge in [0.05, 0.1) is 12.2 Å². The standard InChI is InChI=1S/C14H14N6/c15-11(8-10-4-2-1-3-5-10)13-18-14(20-19-13)12-9-16-6-7-17-12/h1-7,9,11H,8,15H2,(H,18,19,20)/t11-/m1/s1. The molecular formula is C14H14N6. The minimum atomic E-state index is -0.227. The lowest BCUT2D eigenvalue weighted by Gasteiger charge is -2.07. The summed E-state index contributed by atoms with van der Waals surface area (Å²) in [7, 11) is 0. The van der Waals surface area contributed by atoms with Crippen molar-refractivity contribution in [2.24, 2.45) is 5.73 Å². The third-order valence-corrected chi connectivity index (χ3v) is 2.94. The fourth-order valence-electron chi connectivity index (χ4n) is 1.93. The molecule has 2 aromatic heterocycles. The summed E-state index contributed by atoms with van der Waals surface area (Å²) < 4.78 is 0. The van der Waals surface area contributed by atoms with Gasteiger partial charge < -0.3 is 5.73 Å². The molecule has 3 rings (SSSR count). The summed E-state index contributed by atoms with van der Waals surface area (Å²) >= 11 is 0. The van der Waals surface area contributed by atoms with Crippen LogP contribution in [0.25, 0.3) is 11.5 Å². The minimum absolute atomic E-state index is 0.227. The first kappa shape index (κ1) is 12.4. The van der Waals surface area contributed by atoms with E-state index >= 15 is 0 Å². The monoisotopic (exact) mass is 266 g/mol. The molecule has 6 nitrogen and oxygen atoms in total. The predicted molar refractivity (Wildman–Crippen MR) is 74.5 cm³/mol. The average molecular weight is 266 g/mol. The smallest absolute Gasteiger partial charge is 0.201 e. The van der Waals surface area contributed by atoms with Crippen molar-refractivity contribution in [3.05, 3.63) is 60.3 Å². The zero-order chi connectivity index (χ0) is 13.8. The topological polar surface area (TPSA) is 93.4 Å². The molecule has 3 N–H and O–H groups in total. The Hall–Kier alpha value is -2.60. The van der Waals surface area contributed by atoms with Crippen molar-refractivity contribution in [1.29, 1.82) is 0 Å². The maximum atomic E-state index is 6.15. The van der Waals surface area contributed by atoms with Crippen molar-refractivity contribution in [3.8, 4) is 11.5 Å². The molecule has 1 aromatic carbocycles. The van der Waals surface area contributed by atoms with E-state index in [2.05, 4.69) is 25.1 Å². The average Bonchev–Trinajstić information content (AvgIpc) is 2.99. The van der Waals surface area contributed by atoms with Crippen LogP contribution >= 0.6 is 0 Å². The number of hydrogen-bond donors (Lipinski definition) is 2. The quantitative estimate of drug-likeness (QED) is 0.746. The Bertz CT molecular complexity index is 664. The molecule has 0 spiro atoms. The molecule has 0 fully saturated rings. The van der Waals surface area contributed by atoms with E-state index in [1.807, 2.05) is 30.3 Å². The van der Waals surface area contributed by atoms with Crippen molar-refractivity contribution < 1.29 is 0 Å². The fraction of sp³-hybridized carbons (Fsp3) is 0.143. The number of nitrogens with one attached hydrogen (secondary N) is 1. The van der Waals surface area contributed by atoms with Gasteiger partial charge >= 0.3 is 0 Å². The maximum Gasteiger partial charge on any atom is 0.201 e. The zero-order valence-electron chi connectivity index (χ0n) is 10.8. The number of nitrogens with zero attached hydrogens (tertiary/aromatic N) is 4. The number of aromatic amines is 1. The van der Waals surface area contributed by atoms with Gasteiger partial charge in [0, 0.05) is 12.4 Å². The van der Waals surface area contributed by atoms with Gasteiger partial charge in [-0.1, -0.05) is 30.3 Å². The van der Waals surface area contributed by atoms with Crippen LogP contribution in [0.5, 0.6) is 0 Å². The molecule has 0 unspecified atom stereocenters. The molecular weight excluding hydrogens is 252 g/mol. The van der Waals surface area contributed by atoms with Crippen molar-refractivity contribution >= 4 is 0 Å². The number of aromatic nitrogens is 5. The van der Waals surface area contributed by atoms with Gasteiger partial charge in [0.25, 0.3) is 0 Å². The molecule has 1 atom stereocenters. The van der Waals surface area contributed by atoms with Crippen LogP contribution in [0.1, 0.15) is 17.4 Å². The van der Waals surface area contributed by atoms with Crippen LogP contribution in [0.2, 0.25) is 0 Å².